The van der Waals surface area contributed by atoms with Gasteiger partial charge in [-0.1, -0.05) is 19.0 Å². The number of rotatable bonds is 5. The molecule has 0 aliphatic heterocycles. The fourth-order valence-electron chi connectivity index (χ4n) is 3.47. The first-order valence-electron chi connectivity index (χ1n) is 7.46. The smallest absolute Gasteiger partial charge is 0.157 e. The van der Waals surface area contributed by atoms with E-state index in [0.29, 0.717) is 11.7 Å². The molecule has 20 heavy (non-hydrogen) atoms. The van der Waals surface area contributed by atoms with Crippen LogP contribution in [0.4, 0.5) is 0 Å². The Balaban J connectivity index is 1.86. The summed E-state index contributed by atoms with van der Waals surface area (Å²) in [6, 6.07) is 1.70. The summed E-state index contributed by atoms with van der Waals surface area (Å²) in [5.41, 5.74) is 0.727. The fourth-order valence-corrected chi connectivity index (χ4v) is 4.88. The maximum atomic E-state index is 12.1. The van der Waals surface area contributed by atoms with Crippen molar-refractivity contribution in [1.82, 2.24) is 5.16 Å². The van der Waals surface area contributed by atoms with E-state index in [9.17, 15) is 8.42 Å². The Morgan fingerprint density at radius 2 is 1.90 bits per heavy atom. The van der Waals surface area contributed by atoms with Crippen molar-refractivity contribution < 1.29 is 12.9 Å². The topological polar surface area (TPSA) is 60.2 Å². The molecule has 0 aromatic carbocycles. The van der Waals surface area contributed by atoms with Gasteiger partial charge in [0.2, 0.25) is 0 Å². The first-order valence-corrected chi connectivity index (χ1v) is 9.29. The quantitative estimate of drug-likeness (QED) is 0.836. The summed E-state index contributed by atoms with van der Waals surface area (Å²) in [6.07, 6.45) is 4.40. The normalized spacial score (nSPS) is 27.6. The Morgan fingerprint density at radius 3 is 2.45 bits per heavy atom. The van der Waals surface area contributed by atoms with E-state index in [1.807, 2.05) is 0 Å². The van der Waals surface area contributed by atoms with E-state index in [-0.39, 0.29) is 11.5 Å². The zero-order valence-electron chi connectivity index (χ0n) is 12.6. The molecular formula is C15H25NO3S. The van der Waals surface area contributed by atoms with Gasteiger partial charge in [-0.3, -0.25) is 0 Å². The largest absolute Gasteiger partial charge is 0.360 e. The molecule has 1 aromatic heterocycles. The highest BCUT2D eigenvalue weighted by Gasteiger charge is 2.25. The van der Waals surface area contributed by atoms with Gasteiger partial charge in [0.25, 0.3) is 0 Å². The van der Waals surface area contributed by atoms with Gasteiger partial charge in [0, 0.05) is 6.07 Å². The van der Waals surface area contributed by atoms with Crippen LogP contribution in [0.1, 0.15) is 51.0 Å². The van der Waals surface area contributed by atoms with E-state index in [4.69, 9.17) is 4.52 Å². The van der Waals surface area contributed by atoms with E-state index in [1.165, 1.54) is 19.3 Å². The van der Waals surface area contributed by atoms with Crippen molar-refractivity contribution in [2.24, 2.45) is 17.8 Å². The second-order valence-electron chi connectivity index (χ2n) is 6.60. The predicted octanol–water partition coefficient (Wildman–Crippen LogP) is 3.36. The monoisotopic (exact) mass is 299 g/mol. The van der Waals surface area contributed by atoms with Crippen LogP contribution < -0.4 is 0 Å². The lowest BCUT2D eigenvalue weighted by atomic mass is 9.76. The number of aromatic nitrogens is 1. The van der Waals surface area contributed by atoms with Crippen molar-refractivity contribution in [1.29, 1.82) is 0 Å². The summed E-state index contributed by atoms with van der Waals surface area (Å²) in [5, 5.41) is 3.73. The van der Waals surface area contributed by atoms with Gasteiger partial charge in [-0.2, -0.15) is 0 Å². The van der Waals surface area contributed by atoms with Gasteiger partial charge >= 0.3 is 0 Å². The van der Waals surface area contributed by atoms with Crippen LogP contribution in [0.25, 0.3) is 0 Å². The minimum Gasteiger partial charge on any atom is -0.360 e. The van der Waals surface area contributed by atoms with E-state index in [1.54, 1.807) is 13.0 Å². The molecule has 0 spiro atoms. The molecule has 1 heterocycles. The first-order chi connectivity index (χ1) is 9.34. The van der Waals surface area contributed by atoms with Gasteiger partial charge in [0.1, 0.15) is 5.75 Å². The molecule has 0 amide bonds. The van der Waals surface area contributed by atoms with Crippen molar-refractivity contribution in [3.63, 3.8) is 0 Å². The summed E-state index contributed by atoms with van der Waals surface area (Å²) in [4.78, 5) is 0. The van der Waals surface area contributed by atoms with Crippen LogP contribution in [0.5, 0.6) is 0 Å². The zero-order chi connectivity index (χ0) is 14.8. The third-order valence-corrected chi connectivity index (χ3v) is 5.73. The van der Waals surface area contributed by atoms with Gasteiger partial charge in [-0.15, -0.1) is 0 Å². The molecule has 1 aromatic rings. The van der Waals surface area contributed by atoms with Gasteiger partial charge in [0.05, 0.1) is 11.4 Å². The highest BCUT2D eigenvalue weighted by molar-refractivity contribution is 7.90. The highest BCUT2D eigenvalue weighted by atomic mass is 32.2. The van der Waals surface area contributed by atoms with Crippen LogP contribution in [-0.2, 0) is 15.6 Å². The molecule has 4 nitrogen and oxygen atoms in total. The Bertz CT molecular complexity index is 525. The Morgan fingerprint density at radius 1 is 1.25 bits per heavy atom. The zero-order valence-corrected chi connectivity index (χ0v) is 13.4. The first kappa shape index (κ1) is 15.5. The van der Waals surface area contributed by atoms with Gasteiger partial charge < -0.3 is 4.52 Å². The summed E-state index contributed by atoms with van der Waals surface area (Å²) >= 11 is 0. The van der Waals surface area contributed by atoms with Gasteiger partial charge in [-0.25, -0.2) is 8.42 Å². The van der Waals surface area contributed by atoms with Crippen molar-refractivity contribution in [2.75, 3.05) is 5.75 Å². The molecule has 3 atom stereocenters. The third-order valence-electron chi connectivity index (χ3n) is 4.15. The minimum absolute atomic E-state index is 0.0222. The van der Waals surface area contributed by atoms with E-state index in [2.05, 4.69) is 19.0 Å². The van der Waals surface area contributed by atoms with Crippen LogP contribution in [0.15, 0.2) is 10.6 Å². The van der Waals surface area contributed by atoms with E-state index >= 15 is 0 Å². The molecule has 0 radical (unpaired) electrons. The molecule has 114 valence electrons. The van der Waals surface area contributed by atoms with Gasteiger partial charge in [-0.05, 0) is 50.4 Å². The molecule has 0 bridgehead atoms. The van der Waals surface area contributed by atoms with E-state index < -0.39 is 9.84 Å². The summed E-state index contributed by atoms with van der Waals surface area (Å²) in [7, 11) is -3.09. The van der Waals surface area contributed by atoms with Crippen molar-refractivity contribution >= 4 is 9.84 Å². The predicted molar refractivity (Wildman–Crippen MR) is 79.0 cm³/mol. The van der Waals surface area contributed by atoms with Crippen LogP contribution in [0, 0.1) is 24.7 Å². The number of nitrogens with zero attached hydrogens (tertiary/aromatic N) is 1. The average molecular weight is 299 g/mol. The summed E-state index contributed by atoms with van der Waals surface area (Å²) < 4.78 is 29.3. The molecule has 5 heteroatoms. The lowest BCUT2D eigenvalue weighted by Crippen LogP contribution is -2.22. The molecule has 1 fully saturated rings. The van der Waals surface area contributed by atoms with Crippen molar-refractivity contribution in [2.45, 2.75) is 52.2 Å². The van der Waals surface area contributed by atoms with Crippen molar-refractivity contribution in [3.8, 4) is 0 Å². The number of aryl methyl sites for hydroxylation is 1. The van der Waals surface area contributed by atoms with Crippen LogP contribution in [0.3, 0.4) is 0 Å². The third kappa shape index (κ3) is 4.62. The maximum absolute atomic E-state index is 12.1. The van der Waals surface area contributed by atoms with Gasteiger partial charge in [0.15, 0.2) is 15.6 Å². The second-order valence-corrected chi connectivity index (χ2v) is 8.78. The second kappa shape index (κ2) is 6.29. The average Bonchev–Trinajstić information content (AvgIpc) is 2.70. The maximum Gasteiger partial charge on any atom is 0.157 e. The van der Waals surface area contributed by atoms with Crippen LogP contribution in [0.2, 0.25) is 0 Å². The highest BCUT2D eigenvalue weighted by Crippen LogP contribution is 2.34. The molecule has 1 aliphatic rings. The molecule has 0 N–H and O–H groups in total. The number of hydrogen-bond acceptors (Lipinski definition) is 4. The lowest BCUT2D eigenvalue weighted by Gasteiger charge is -2.31. The molecule has 2 rings (SSSR count). The van der Waals surface area contributed by atoms with Crippen LogP contribution in [-0.4, -0.2) is 19.3 Å². The fraction of sp³-hybridized carbons (Fsp3) is 0.800. The Hall–Kier alpha value is -0.840. The van der Waals surface area contributed by atoms with E-state index in [0.717, 1.165) is 24.0 Å². The molecular weight excluding hydrogens is 274 g/mol. The summed E-state index contributed by atoms with van der Waals surface area (Å²) in [6.45, 7) is 6.34. The van der Waals surface area contributed by atoms with Crippen LogP contribution >= 0.6 is 0 Å². The number of hydrogen-bond donors (Lipinski definition) is 0. The summed E-state index contributed by atoms with van der Waals surface area (Å²) in [5.74, 6) is 2.70. The standard InChI is InChI=1S/C15H25NO3S/c1-11-6-12(2)8-14(7-11)4-5-20(17,18)10-15-9-13(3)16-19-15/h9,11-12,14H,4-8,10H2,1-3H3/t11-,12+,14?. The lowest BCUT2D eigenvalue weighted by molar-refractivity contribution is 0.215. The van der Waals surface area contributed by atoms with Crippen molar-refractivity contribution in [3.05, 3.63) is 17.5 Å². The molecule has 1 aliphatic carbocycles. The molecule has 1 unspecified atom stereocenters. The SMILES string of the molecule is Cc1cc(CS(=O)(=O)CCC2C[C@@H](C)C[C@@H](C)C2)on1. The molecule has 0 saturated heterocycles. The minimum atomic E-state index is -3.09. The molecule has 1 saturated carbocycles. The Labute approximate surface area is 121 Å². The Kier molecular flexibility index (Phi) is 4.89. The number of sulfone groups is 1.